The van der Waals surface area contributed by atoms with Crippen LogP contribution in [0.5, 0.6) is 5.75 Å². The number of hydrogen-bond donors (Lipinski definition) is 1. The summed E-state index contributed by atoms with van der Waals surface area (Å²) in [6, 6.07) is 4.29. The van der Waals surface area contributed by atoms with E-state index in [9.17, 15) is 31.1 Å². The van der Waals surface area contributed by atoms with Crippen LogP contribution in [0.15, 0.2) is 18.2 Å². The Morgan fingerprint density at radius 1 is 1.06 bits per heavy atom. The first-order chi connectivity index (χ1) is 15.0. The van der Waals surface area contributed by atoms with E-state index in [4.69, 9.17) is 4.74 Å². The molecule has 10 heteroatoms. The third-order valence-corrected chi connectivity index (χ3v) is 5.92. The normalized spacial score (nSPS) is 18.6. The molecule has 0 spiro atoms. The van der Waals surface area contributed by atoms with Crippen molar-refractivity contribution in [2.24, 2.45) is 5.92 Å². The van der Waals surface area contributed by atoms with E-state index in [0.29, 0.717) is 31.6 Å². The molecule has 32 heavy (non-hydrogen) atoms. The average Bonchev–Trinajstić information content (AvgIpc) is 3.52. The van der Waals surface area contributed by atoms with Gasteiger partial charge in [-0.1, -0.05) is 6.42 Å². The molecular formula is C22H28F6N2O2. The van der Waals surface area contributed by atoms with Crippen LogP contribution in [0.4, 0.5) is 26.3 Å². The number of halogens is 6. The van der Waals surface area contributed by atoms with E-state index in [1.807, 2.05) is 0 Å². The van der Waals surface area contributed by atoms with Gasteiger partial charge in [0.2, 0.25) is 0 Å². The molecule has 1 aromatic rings. The lowest BCUT2D eigenvalue weighted by Crippen LogP contribution is -2.49. The van der Waals surface area contributed by atoms with Crippen LogP contribution in [-0.4, -0.2) is 55.2 Å². The first-order valence-corrected chi connectivity index (χ1v) is 11.0. The van der Waals surface area contributed by atoms with E-state index in [2.05, 4.69) is 5.32 Å². The summed E-state index contributed by atoms with van der Waals surface area (Å²) in [6.45, 7) is -0.460. The second kappa shape index (κ2) is 10.3. The van der Waals surface area contributed by atoms with Gasteiger partial charge in [-0.05, 0) is 69.7 Å². The summed E-state index contributed by atoms with van der Waals surface area (Å²) in [4.78, 5) is 13.1. The highest BCUT2D eigenvalue weighted by Gasteiger charge is 2.58. The monoisotopic (exact) mass is 466 g/mol. The number of likely N-dealkylation sites (tertiary alicyclic amines) is 1. The molecule has 0 radical (unpaired) electrons. The smallest absolute Gasteiger partial charge is 0.454 e. The second-order valence-corrected chi connectivity index (χ2v) is 8.66. The van der Waals surface area contributed by atoms with Gasteiger partial charge < -0.3 is 10.1 Å². The van der Waals surface area contributed by atoms with E-state index in [1.165, 1.54) is 17.0 Å². The maximum atomic E-state index is 14.1. The molecule has 4 nitrogen and oxygen atoms in total. The summed E-state index contributed by atoms with van der Waals surface area (Å²) >= 11 is 0. The number of ether oxygens (including phenoxy) is 1. The molecule has 1 aliphatic carbocycles. The molecule has 0 unspecified atom stereocenters. The summed E-state index contributed by atoms with van der Waals surface area (Å²) in [5.41, 5.74) is -0.0106. The van der Waals surface area contributed by atoms with Crippen molar-refractivity contribution in [1.29, 1.82) is 0 Å². The number of unbranched alkanes of at least 4 members (excludes halogenated alkanes) is 1. The second-order valence-electron chi connectivity index (χ2n) is 8.66. The molecule has 1 amide bonds. The number of carbonyl (C=O) groups excluding carboxylic acids is 1. The quantitative estimate of drug-likeness (QED) is 0.382. The number of hydrogen-bond acceptors (Lipinski definition) is 3. The van der Waals surface area contributed by atoms with Crippen LogP contribution in [0, 0.1) is 11.7 Å². The molecule has 1 aliphatic heterocycles. The van der Waals surface area contributed by atoms with Crippen LogP contribution in [0.25, 0.3) is 0 Å². The fraction of sp³-hybridized carbons (Fsp3) is 0.682. The number of benzene rings is 1. The summed E-state index contributed by atoms with van der Waals surface area (Å²) in [7, 11) is 0. The largest absolute Gasteiger partial charge is 0.493 e. The van der Waals surface area contributed by atoms with Crippen molar-refractivity contribution < 1.29 is 35.9 Å². The molecule has 1 heterocycles. The SMILES string of the molecule is O=C(NC1CC1)c1ccc(OCCCCC2CCN(CC(F)(F)C(F)(F)F)CC2)cc1F. The topological polar surface area (TPSA) is 41.6 Å². The zero-order chi connectivity index (χ0) is 23.4. The third kappa shape index (κ3) is 7.02. The van der Waals surface area contributed by atoms with Crippen LogP contribution in [0.1, 0.15) is 55.3 Å². The Balaban J connectivity index is 1.30. The molecule has 2 fully saturated rings. The number of carbonyl (C=O) groups is 1. The van der Waals surface area contributed by atoms with Gasteiger partial charge in [0, 0.05) is 12.1 Å². The Morgan fingerprint density at radius 2 is 1.75 bits per heavy atom. The maximum absolute atomic E-state index is 14.1. The summed E-state index contributed by atoms with van der Waals surface area (Å²) in [5, 5.41) is 2.73. The Kier molecular flexibility index (Phi) is 7.95. The molecule has 180 valence electrons. The lowest BCUT2D eigenvalue weighted by atomic mass is 9.91. The lowest BCUT2D eigenvalue weighted by Gasteiger charge is -2.34. The van der Waals surface area contributed by atoms with Gasteiger partial charge in [0.05, 0.1) is 18.7 Å². The number of alkyl halides is 5. The summed E-state index contributed by atoms with van der Waals surface area (Å²) in [5.74, 6) is -5.12. The highest BCUT2D eigenvalue weighted by atomic mass is 19.4. The van der Waals surface area contributed by atoms with Gasteiger partial charge in [0.25, 0.3) is 5.91 Å². The third-order valence-electron chi connectivity index (χ3n) is 5.92. The zero-order valence-electron chi connectivity index (χ0n) is 17.7. The van der Waals surface area contributed by atoms with Crippen molar-refractivity contribution in [2.45, 2.75) is 63.1 Å². The van der Waals surface area contributed by atoms with Gasteiger partial charge in [0.1, 0.15) is 11.6 Å². The van der Waals surface area contributed by atoms with E-state index < -0.39 is 30.4 Å². The predicted octanol–water partition coefficient (Wildman–Crippen LogP) is 5.18. The van der Waals surface area contributed by atoms with E-state index in [-0.39, 0.29) is 30.6 Å². The van der Waals surface area contributed by atoms with Gasteiger partial charge in [-0.2, -0.15) is 22.0 Å². The van der Waals surface area contributed by atoms with Crippen LogP contribution < -0.4 is 10.1 Å². The molecule has 3 rings (SSSR count). The van der Waals surface area contributed by atoms with Crippen molar-refractivity contribution in [3.63, 3.8) is 0 Å². The lowest BCUT2D eigenvalue weighted by molar-refractivity contribution is -0.287. The predicted molar refractivity (Wildman–Crippen MR) is 106 cm³/mol. The van der Waals surface area contributed by atoms with Gasteiger partial charge >= 0.3 is 12.1 Å². The average molecular weight is 466 g/mol. The Bertz CT molecular complexity index is 774. The molecular weight excluding hydrogens is 438 g/mol. The minimum atomic E-state index is -5.52. The molecule has 1 N–H and O–H groups in total. The fourth-order valence-electron chi connectivity index (χ4n) is 3.79. The first-order valence-electron chi connectivity index (χ1n) is 11.0. The van der Waals surface area contributed by atoms with Crippen LogP contribution in [0.3, 0.4) is 0 Å². The maximum Gasteiger partial charge on any atom is 0.454 e. The van der Waals surface area contributed by atoms with Gasteiger partial charge in [0.15, 0.2) is 0 Å². The van der Waals surface area contributed by atoms with Crippen molar-refractivity contribution >= 4 is 5.91 Å². The van der Waals surface area contributed by atoms with Crippen LogP contribution in [0.2, 0.25) is 0 Å². The standard InChI is InChI=1S/C22H28F6N2O2/c23-19-13-17(6-7-18(19)20(31)29-16-4-5-16)32-12-2-1-3-15-8-10-30(11-9-15)14-21(24,25)22(26,27)28/h6-7,13,15-16H,1-5,8-12,14H2,(H,29,31). The summed E-state index contributed by atoms with van der Waals surface area (Å²) in [6.07, 6.45) is -0.151. The molecule has 1 saturated carbocycles. The minimum absolute atomic E-state index is 0.0106. The number of piperidine rings is 1. The van der Waals surface area contributed by atoms with Crippen molar-refractivity contribution in [1.82, 2.24) is 10.2 Å². The fourth-order valence-corrected chi connectivity index (χ4v) is 3.79. The number of nitrogens with one attached hydrogen (secondary N) is 1. The van der Waals surface area contributed by atoms with Gasteiger partial charge in [-0.15, -0.1) is 0 Å². The molecule has 2 aliphatic rings. The zero-order valence-corrected chi connectivity index (χ0v) is 17.7. The van der Waals surface area contributed by atoms with E-state index in [1.54, 1.807) is 6.07 Å². The van der Waals surface area contributed by atoms with E-state index >= 15 is 0 Å². The van der Waals surface area contributed by atoms with Crippen molar-refractivity contribution in [3.8, 4) is 5.75 Å². The highest BCUT2D eigenvalue weighted by Crippen LogP contribution is 2.37. The Labute approximate surface area is 183 Å². The first kappa shape index (κ1) is 24.7. The molecule has 1 saturated heterocycles. The Hall–Kier alpha value is -1.97. The number of rotatable bonds is 10. The highest BCUT2D eigenvalue weighted by molar-refractivity contribution is 5.95. The number of nitrogens with zero attached hydrogens (tertiary/aromatic N) is 1. The Morgan fingerprint density at radius 3 is 2.34 bits per heavy atom. The van der Waals surface area contributed by atoms with Crippen molar-refractivity contribution in [3.05, 3.63) is 29.6 Å². The van der Waals surface area contributed by atoms with Crippen LogP contribution in [-0.2, 0) is 0 Å². The molecule has 1 aromatic carbocycles. The minimum Gasteiger partial charge on any atom is -0.493 e. The van der Waals surface area contributed by atoms with Gasteiger partial charge in [-0.3, -0.25) is 9.69 Å². The summed E-state index contributed by atoms with van der Waals surface area (Å²) < 4.78 is 83.0. The molecule has 0 bridgehead atoms. The van der Waals surface area contributed by atoms with E-state index in [0.717, 1.165) is 25.7 Å². The van der Waals surface area contributed by atoms with Crippen LogP contribution >= 0.6 is 0 Å². The molecule has 0 aromatic heterocycles. The van der Waals surface area contributed by atoms with Gasteiger partial charge in [-0.25, -0.2) is 4.39 Å². The van der Waals surface area contributed by atoms with Crippen molar-refractivity contribution in [2.75, 3.05) is 26.2 Å². The number of amides is 1. The molecule has 0 atom stereocenters.